The quantitative estimate of drug-likeness (QED) is 0.494. The fraction of sp³-hybridized carbons (Fsp3) is 1.00. The van der Waals surface area contributed by atoms with Crippen molar-refractivity contribution in [1.82, 2.24) is 5.32 Å². The van der Waals surface area contributed by atoms with Crippen molar-refractivity contribution in [3.8, 4) is 0 Å². The molecule has 0 heterocycles. The van der Waals surface area contributed by atoms with Crippen LogP contribution in [0.1, 0.15) is 65.7 Å². The average Bonchev–Trinajstić information content (AvgIpc) is 2.30. The molecule has 0 rings (SSSR count). The van der Waals surface area contributed by atoms with E-state index in [1.165, 1.54) is 51.5 Å². The van der Waals surface area contributed by atoms with Crippen molar-refractivity contribution in [1.29, 1.82) is 0 Å². The van der Waals surface area contributed by atoms with Gasteiger partial charge in [0, 0.05) is 13.2 Å². The first-order valence-electron chi connectivity index (χ1n) is 7.55. The van der Waals surface area contributed by atoms with E-state index < -0.39 is 0 Å². The lowest BCUT2D eigenvalue weighted by atomic mass is 10.1. The first-order valence-corrected chi connectivity index (χ1v) is 7.55. The maximum absolute atomic E-state index is 5.60. The number of unbranched alkanes of at least 4 members (excludes halogenated alkanes) is 3. The summed E-state index contributed by atoms with van der Waals surface area (Å²) in [6, 6.07) is 0. The Bertz CT molecular complexity index is 137. The Labute approximate surface area is 109 Å². The van der Waals surface area contributed by atoms with E-state index in [2.05, 4.69) is 26.1 Å². The normalized spacial score (nSPS) is 11.3. The number of nitrogens with one attached hydrogen (secondary N) is 1. The molecule has 0 atom stereocenters. The lowest BCUT2D eigenvalue weighted by Crippen LogP contribution is -2.17. The molecule has 0 aromatic heterocycles. The van der Waals surface area contributed by atoms with Gasteiger partial charge in [-0.1, -0.05) is 33.6 Å². The van der Waals surface area contributed by atoms with E-state index in [0.29, 0.717) is 0 Å². The maximum atomic E-state index is 5.60. The van der Waals surface area contributed by atoms with Crippen LogP contribution in [0.5, 0.6) is 0 Å². The van der Waals surface area contributed by atoms with E-state index in [-0.39, 0.29) is 0 Å². The second kappa shape index (κ2) is 14.0. The third kappa shape index (κ3) is 15.9. The number of hydrogen-bond donors (Lipinski definition) is 1. The van der Waals surface area contributed by atoms with Gasteiger partial charge in [-0.15, -0.1) is 0 Å². The Morgan fingerprint density at radius 1 is 0.882 bits per heavy atom. The predicted octanol–water partition coefficient (Wildman–Crippen LogP) is 4.00. The van der Waals surface area contributed by atoms with Crippen LogP contribution in [0.2, 0.25) is 0 Å². The van der Waals surface area contributed by atoms with Crippen molar-refractivity contribution < 1.29 is 4.74 Å². The zero-order chi connectivity index (χ0) is 12.8. The molecule has 2 heteroatoms. The highest BCUT2D eigenvalue weighted by Gasteiger charge is 1.94. The van der Waals surface area contributed by atoms with Crippen LogP contribution in [-0.2, 0) is 4.74 Å². The van der Waals surface area contributed by atoms with E-state index in [0.717, 1.165) is 25.7 Å². The predicted molar refractivity (Wildman–Crippen MR) is 76.5 cm³/mol. The van der Waals surface area contributed by atoms with Gasteiger partial charge < -0.3 is 10.1 Å². The van der Waals surface area contributed by atoms with Gasteiger partial charge in [0.2, 0.25) is 0 Å². The molecule has 0 fully saturated rings. The molecular weight excluding hydrogens is 210 g/mol. The molecular formula is C15H33NO. The smallest absolute Gasteiger partial charge is 0.0466 e. The van der Waals surface area contributed by atoms with Gasteiger partial charge in [-0.2, -0.15) is 0 Å². The van der Waals surface area contributed by atoms with Crippen molar-refractivity contribution in [2.24, 2.45) is 5.92 Å². The molecule has 0 aromatic carbocycles. The molecule has 0 saturated carbocycles. The molecule has 17 heavy (non-hydrogen) atoms. The summed E-state index contributed by atoms with van der Waals surface area (Å²) in [6.07, 6.45) is 8.94. The van der Waals surface area contributed by atoms with Gasteiger partial charge in [-0.25, -0.2) is 0 Å². The number of ether oxygens (including phenoxy) is 1. The monoisotopic (exact) mass is 243 g/mol. The highest BCUT2D eigenvalue weighted by molar-refractivity contribution is 4.49. The lowest BCUT2D eigenvalue weighted by Gasteiger charge is -2.06. The molecule has 0 aliphatic heterocycles. The van der Waals surface area contributed by atoms with Gasteiger partial charge in [-0.05, 0) is 51.1 Å². The number of rotatable bonds is 13. The Morgan fingerprint density at radius 2 is 1.53 bits per heavy atom. The summed E-state index contributed by atoms with van der Waals surface area (Å²) in [4.78, 5) is 0. The minimum Gasteiger partial charge on any atom is -0.381 e. The summed E-state index contributed by atoms with van der Waals surface area (Å²) < 4.78 is 5.60. The maximum Gasteiger partial charge on any atom is 0.0466 e. The molecule has 0 aliphatic rings. The third-order valence-electron chi connectivity index (χ3n) is 2.92. The van der Waals surface area contributed by atoms with Crippen molar-refractivity contribution in [2.45, 2.75) is 65.7 Å². The topological polar surface area (TPSA) is 21.3 Å². The van der Waals surface area contributed by atoms with Crippen LogP contribution in [-0.4, -0.2) is 26.3 Å². The molecule has 0 saturated heterocycles. The average molecular weight is 243 g/mol. The molecule has 0 radical (unpaired) electrons. The minimum atomic E-state index is 0.811. The van der Waals surface area contributed by atoms with Crippen LogP contribution in [0, 0.1) is 5.92 Å². The molecule has 0 spiro atoms. The molecule has 104 valence electrons. The largest absolute Gasteiger partial charge is 0.381 e. The number of hydrogen-bond acceptors (Lipinski definition) is 2. The molecule has 2 nitrogen and oxygen atoms in total. The summed E-state index contributed by atoms with van der Waals surface area (Å²) >= 11 is 0. The Kier molecular flexibility index (Phi) is 13.9. The first kappa shape index (κ1) is 16.9. The molecule has 0 bridgehead atoms. The standard InChI is InChI=1S/C15H33NO/c1-4-5-6-11-16-12-7-8-13-17-14-9-10-15(2)3/h15-16H,4-14H2,1-3H3. The summed E-state index contributed by atoms with van der Waals surface area (Å²) in [5.74, 6) is 0.811. The van der Waals surface area contributed by atoms with Gasteiger partial charge in [0.25, 0.3) is 0 Å². The van der Waals surface area contributed by atoms with Gasteiger partial charge in [0.1, 0.15) is 0 Å². The Morgan fingerprint density at radius 3 is 2.18 bits per heavy atom. The minimum absolute atomic E-state index is 0.811. The Balaban J connectivity index is 2.89. The second-order valence-corrected chi connectivity index (χ2v) is 5.31. The van der Waals surface area contributed by atoms with Crippen molar-refractivity contribution >= 4 is 0 Å². The summed E-state index contributed by atoms with van der Waals surface area (Å²) in [6.45, 7) is 11.0. The van der Waals surface area contributed by atoms with E-state index in [1.54, 1.807) is 0 Å². The fourth-order valence-electron chi connectivity index (χ4n) is 1.77. The van der Waals surface area contributed by atoms with E-state index in [9.17, 15) is 0 Å². The molecule has 0 unspecified atom stereocenters. The van der Waals surface area contributed by atoms with Crippen LogP contribution in [0.3, 0.4) is 0 Å². The summed E-state index contributed by atoms with van der Waals surface area (Å²) in [7, 11) is 0. The highest BCUT2D eigenvalue weighted by Crippen LogP contribution is 2.03. The zero-order valence-electron chi connectivity index (χ0n) is 12.3. The van der Waals surface area contributed by atoms with Crippen LogP contribution in [0.15, 0.2) is 0 Å². The molecule has 0 aromatic rings. The SMILES string of the molecule is CCCCCNCCCCOCCCC(C)C. The van der Waals surface area contributed by atoms with Gasteiger partial charge in [-0.3, -0.25) is 0 Å². The van der Waals surface area contributed by atoms with Crippen molar-refractivity contribution in [3.05, 3.63) is 0 Å². The summed E-state index contributed by atoms with van der Waals surface area (Å²) in [5, 5.41) is 3.48. The lowest BCUT2D eigenvalue weighted by molar-refractivity contribution is 0.124. The van der Waals surface area contributed by atoms with Gasteiger partial charge in [0.15, 0.2) is 0 Å². The Hall–Kier alpha value is -0.0800. The third-order valence-corrected chi connectivity index (χ3v) is 2.92. The zero-order valence-corrected chi connectivity index (χ0v) is 12.3. The van der Waals surface area contributed by atoms with Crippen molar-refractivity contribution in [2.75, 3.05) is 26.3 Å². The fourth-order valence-corrected chi connectivity index (χ4v) is 1.77. The van der Waals surface area contributed by atoms with Crippen LogP contribution < -0.4 is 5.32 Å². The highest BCUT2D eigenvalue weighted by atomic mass is 16.5. The van der Waals surface area contributed by atoms with Crippen LogP contribution >= 0.6 is 0 Å². The van der Waals surface area contributed by atoms with E-state index in [1.807, 2.05) is 0 Å². The molecule has 0 aliphatic carbocycles. The second-order valence-electron chi connectivity index (χ2n) is 5.31. The first-order chi connectivity index (χ1) is 8.27. The van der Waals surface area contributed by atoms with Gasteiger partial charge >= 0.3 is 0 Å². The van der Waals surface area contributed by atoms with Crippen LogP contribution in [0.4, 0.5) is 0 Å². The molecule has 0 amide bonds. The van der Waals surface area contributed by atoms with Crippen molar-refractivity contribution in [3.63, 3.8) is 0 Å². The van der Waals surface area contributed by atoms with Crippen LogP contribution in [0.25, 0.3) is 0 Å². The summed E-state index contributed by atoms with van der Waals surface area (Å²) in [5.41, 5.74) is 0. The van der Waals surface area contributed by atoms with E-state index in [4.69, 9.17) is 4.74 Å². The molecule has 1 N–H and O–H groups in total. The van der Waals surface area contributed by atoms with E-state index >= 15 is 0 Å². The van der Waals surface area contributed by atoms with Gasteiger partial charge in [0.05, 0.1) is 0 Å².